The topological polar surface area (TPSA) is 22.1 Å². The second-order valence-corrected chi connectivity index (χ2v) is 4.62. The summed E-state index contributed by atoms with van der Waals surface area (Å²) in [5.41, 5.74) is 2.77. The largest absolute Gasteiger partial charge is 0.494 e. The lowest BCUT2D eigenvalue weighted by Gasteiger charge is -2.08. The number of hydrogen-bond donors (Lipinski definition) is 0. The van der Waals surface area contributed by atoms with Crippen LogP contribution in [0, 0.1) is 0 Å². The molecule has 0 spiro atoms. The first kappa shape index (κ1) is 12.0. The van der Waals surface area contributed by atoms with Crippen LogP contribution in [0.15, 0.2) is 54.6 Å². The van der Waals surface area contributed by atoms with E-state index in [1.165, 1.54) is 0 Å². The fraction of sp³-hybridized carbons (Fsp3) is 0.0625. The van der Waals surface area contributed by atoms with Crippen molar-refractivity contribution in [1.29, 1.82) is 0 Å². The third-order valence-electron chi connectivity index (χ3n) is 3.06. The van der Waals surface area contributed by atoms with Gasteiger partial charge in [0.1, 0.15) is 11.3 Å². The fourth-order valence-corrected chi connectivity index (χ4v) is 2.31. The zero-order chi connectivity index (χ0) is 13.2. The maximum atomic E-state index is 6.19. The van der Waals surface area contributed by atoms with Gasteiger partial charge in [0.25, 0.3) is 0 Å². The number of pyridine rings is 1. The summed E-state index contributed by atoms with van der Waals surface area (Å²) in [7, 11) is 1.64. The molecule has 0 amide bonds. The summed E-state index contributed by atoms with van der Waals surface area (Å²) in [6.07, 6.45) is 0. The van der Waals surface area contributed by atoms with Gasteiger partial charge in [-0.3, -0.25) is 0 Å². The minimum Gasteiger partial charge on any atom is -0.494 e. The minimum absolute atomic E-state index is 0.683. The van der Waals surface area contributed by atoms with Crippen molar-refractivity contribution in [1.82, 2.24) is 4.98 Å². The molecule has 0 N–H and O–H groups in total. The van der Waals surface area contributed by atoms with Crippen LogP contribution in [-0.4, -0.2) is 12.1 Å². The van der Waals surface area contributed by atoms with Crippen molar-refractivity contribution in [3.63, 3.8) is 0 Å². The smallest absolute Gasteiger partial charge is 0.145 e. The van der Waals surface area contributed by atoms with E-state index in [1.54, 1.807) is 7.11 Å². The van der Waals surface area contributed by atoms with Gasteiger partial charge >= 0.3 is 0 Å². The number of methoxy groups -OCH3 is 1. The molecule has 1 aromatic heterocycles. The average Bonchev–Trinajstić information content (AvgIpc) is 2.48. The van der Waals surface area contributed by atoms with Gasteiger partial charge in [0.15, 0.2) is 0 Å². The molecule has 2 aromatic carbocycles. The zero-order valence-electron chi connectivity index (χ0n) is 10.4. The van der Waals surface area contributed by atoms with Crippen LogP contribution in [0.2, 0.25) is 5.02 Å². The van der Waals surface area contributed by atoms with Crippen molar-refractivity contribution in [2.24, 2.45) is 0 Å². The Balaban J connectivity index is 2.26. The van der Waals surface area contributed by atoms with Gasteiger partial charge in [-0.2, -0.15) is 0 Å². The molecule has 94 valence electrons. The van der Waals surface area contributed by atoms with E-state index in [9.17, 15) is 0 Å². The Bertz CT molecular complexity index is 725. The van der Waals surface area contributed by atoms with Crippen LogP contribution in [-0.2, 0) is 0 Å². The number of ether oxygens (including phenoxy) is 1. The Kier molecular flexibility index (Phi) is 3.10. The minimum atomic E-state index is 0.683. The molecule has 0 saturated carbocycles. The molecule has 3 rings (SSSR count). The van der Waals surface area contributed by atoms with Crippen LogP contribution in [0.5, 0.6) is 5.75 Å². The standard InChI is InChI=1S/C16H12ClNO/c1-19-15-10-8-13(17)12-7-9-14(18-16(12)15)11-5-3-2-4-6-11/h2-10H,1H3. The maximum Gasteiger partial charge on any atom is 0.145 e. The Morgan fingerprint density at radius 3 is 2.47 bits per heavy atom. The van der Waals surface area contributed by atoms with Crippen LogP contribution in [0.3, 0.4) is 0 Å². The SMILES string of the molecule is COc1ccc(Cl)c2ccc(-c3ccccc3)nc12. The van der Waals surface area contributed by atoms with E-state index in [4.69, 9.17) is 16.3 Å². The normalized spacial score (nSPS) is 10.6. The molecule has 0 aliphatic heterocycles. The molecule has 0 saturated heterocycles. The molecule has 0 aliphatic rings. The molecule has 0 atom stereocenters. The van der Waals surface area contributed by atoms with Crippen molar-refractivity contribution in [2.75, 3.05) is 7.11 Å². The molecule has 0 bridgehead atoms. The Labute approximate surface area is 116 Å². The summed E-state index contributed by atoms with van der Waals surface area (Å²) >= 11 is 6.19. The number of nitrogens with zero attached hydrogens (tertiary/aromatic N) is 1. The maximum absolute atomic E-state index is 6.19. The van der Waals surface area contributed by atoms with E-state index in [1.807, 2.05) is 54.6 Å². The second kappa shape index (κ2) is 4.90. The van der Waals surface area contributed by atoms with Crippen LogP contribution in [0.1, 0.15) is 0 Å². The lowest BCUT2D eigenvalue weighted by molar-refractivity contribution is 0.419. The van der Waals surface area contributed by atoms with E-state index < -0.39 is 0 Å². The third kappa shape index (κ3) is 2.15. The summed E-state index contributed by atoms with van der Waals surface area (Å²) in [6.45, 7) is 0. The first-order valence-corrected chi connectivity index (χ1v) is 6.36. The zero-order valence-corrected chi connectivity index (χ0v) is 11.2. The molecule has 0 aliphatic carbocycles. The summed E-state index contributed by atoms with van der Waals surface area (Å²) in [5.74, 6) is 0.734. The number of halogens is 1. The molecule has 3 aromatic rings. The van der Waals surface area contributed by atoms with Crippen LogP contribution >= 0.6 is 11.6 Å². The van der Waals surface area contributed by atoms with Gasteiger partial charge < -0.3 is 4.74 Å². The summed E-state index contributed by atoms with van der Waals surface area (Å²) in [5, 5.41) is 1.59. The number of benzene rings is 2. The molecule has 2 nitrogen and oxygen atoms in total. The van der Waals surface area contributed by atoms with Crippen LogP contribution < -0.4 is 4.74 Å². The molecule has 3 heteroatoms. The van der Waals surface area contributed by atoms with Crippen molar-refractivity contribution < 1.29 is 4.74 Å². The van der Waals surface area contributed by atoms with Gasteiger partial charge in [0, 0.05) is 10.9 Å². The Morgan fingerprint density at radius 2 is 1.74 bits per heavy atom. The van der Waals surface area contributed by atoms with Crippen molar-refractivity contribution in [3.8, 4) is 17.0 Å². The van der Waals surface area contributed by atoms with E-state index in [0.717, 1.165) is 27.9 Å². The molecule has 1 heterocycles. The highest BCUT2D eigenvalue weighted by Gasteiger charge is 2.08. The van der Waals surface area contributed by atoms with Crippen LogP contribution in [0.4, 0.5) is 0 Å². The van der Waals surface area contributed by atoms with Gasteiger partial charge in [0.05, 0.1) is 17.8 Å². The highest BCUT2D eigenvalue weighted by atomic mass is 35.5. The Hall–Kier alpha value is -2.06. The molecular weight excluding hydrogens is 258 g/mol. The lowest BCUT2D eigenvalue weighted by Crippen LogP contribution is -1.90. The highest BCUT2D eigenvalue weighted by Crippen LogP contribution is 2.31. The van der Waals surface area contributed by atoms with Gasteiger partial charge in [-0.1, -0.05) is 41.9 Å². The third-order valence-corrected chi connectivity index (χ3v) is 3.39. The van der Waals surface area contributed by atoms with Gasteiger partial charge in [-0.15, -0.1) is 0 Å². The highest BCUT2D eigenvalue weighted by molar-refractivity contribution is 6.35. The van der Waals surface area contributed by atoms with Crippen LogP contribution in [0.25, 0.3) is 22.2 Å². The molecule has 0 fully saturated rings. The number of hydrogen-bond acceptors (Lipinski definition) is 2. The summed E-state index contributed by atoms with van der Waals surface area (Å²) < 4.78 is 5.35. The quantitative estimate of drug-likeness (QED) is 0.680. The first-order chi connectivity index (χ1) is 9.29. The first-order valence-electron chi connectivity index (χ1n) is 5.98. The van der Waals surface area contributed by atoms with E-state index in [-0.39, 0.29) is 0 Å². The predicted molar refractivity (Wildman–Crippen MR) is 78.7 cm³/mol. The lowest BCUT2D eigenvalue weighted by atomic mass is 10.1. The van der Waals surface area contributed by atoms with Gasteiger partial charge in [-0.25, -0.2) is 4.98 Å². The number of aromatic nitrogens is 1. The second-order valence-electron chi connectivity index (χ2n) is 4.21. The van der Waals surface area contributed by atoms with E-state index in [2.05, 4.69) is 4.98 Å². The Morgan fingerprint density at radius 1 is 0.947 bits per heavy atom. The van der Waals surface area contributed by atoms with Crippen molar-refractivity contribution >= 4 is 22.5 Å². The molecule has 19 heavy (non-hydrogen) atoms. The van der Waals surface area contributed by atoms with Crippen molar-refractivity contribution in [3.05, 3.63) is 59.6 Å². The number of rotatable bonds is 2. The van der Waals surface area contributed by atoms with E-state index >= 15 is 0 Å². The van der Waals surface area contributed by atoms with Gasteiger partial charge in [-0.05, 0) is 24.3 Å². The summed E-state index contributed by atoms with van der Waals surface area (Å²) in [6, 6.07) is 17.7. The number of fused-ring (bicyclic) bond motifs is 1. The summed E-state index contributed by atoms with van der Waals surface area (Å²) in [4.78, 5) is 4.67. The fourth-order valence-electron chi connectivity index (χ4n) is 2.09. The monoisotopic (exact) mass is 269 g/mol. The molecule has 0 unspecified atom stereocenters. The molecule has 0 radical (unpaired) electrons. The predicted octanol–water partition coefficient (Wildman–Crippen LogP) is 4.56. The molecular formula is C16H12ClNO. The van der Waals surface area contributed by atoms with Crippen molar-refractivity contribution in [2.45, 2.75) is 0 Å². The average molecular weight is 270 g/mol. The van der Waals surface area contributed by atoms with Gasteiger partial charge in [0.2, 0.25) is 0 Å². The van der Waals surface area contributed by atoms with E-state index in [0.29, 0.717) is 5.02 Å².